The normalized spacial score (nSPS) is 10.7. The summed E-state index contributed by atoms with van der Waals surface area (Å²) in [4.78, 5) is 12.1. The number of rotatable bonds is 4. The number of hydrogen-bond acceptors (Lipinski definition) is 1. The predicted octanol–water partition coefficient (Wildman–Crippen LogP) is 4.52. The Morgan fingerprint density at radius 1 is 1.06 bits per heavy atom. The topological polar surface area (TPSA) is 17.1 Å². The molecule has 0 spiro atoms. The van der Waals surface area contributed by atoms with Crippen molar-refractivity contribution >= 4 is 16.6 Å². The predicted molar refractivity (Wildman–Crippen MR) is 72.5 cm³/mol. The summed E-state index contributed by atoms with van der Waals surface area (Å²) in [5, 5.41) is 2.28. The monoisotopic (exact) mass is 226 g/mol. The number of Topliss-reactive ketones (excluding diaryl/α,β-unsaturated/α-hetero) is 1. The molecule has 17 heavy (non-hydrogen) atoms. The minimum atomic E-state index is 0.267. The van der Waals surface area contributed by atoms with E-state index < -0.39 is 0 Å². The van der Waals surface area contributed by atoms with E-state index in [1.165, 1.54) is 10.9 Å². The van der Waals surface area contributed by atoms with Crippen LogP contribution >= 0.6 is 0 Å². The molecule has 2 aromatic carbocycles. The van der Waals surface area contributed by atoms with E-state index in [4.69, 9.17) is 0 Å². The molecule has 1 heteroatoms. The number of hydrogen-bond donors (Lipinski definition) is 0. The zero-order chi connectivity index (χ0) is 12.3. The van der Waals surface area contributed by atoms with E-state index in [9.17, 15) is 4.79 Å². The molecule has 0 saturated heterocycles. The summed E-state index contributed by atoms with van der Waals surface area (Å²) in [6.07, 6.45) is 2.69. The zero-order valence-electron chi connectivity index (χ0n) is 10.5. The van der Waals surface area contributed by atoms with Crippen LogP contribution in [-0.2, 0) is 0 Å². The van der Waals surface area contributed by atoms with E-state index in [1.54, 1.807) is 0 Å². The molecule has 2 rings (SSSR count). The van der Waals surface area contributed by atoms with Gasteiger partial charge in [-0.15, -0.1) is 0 Å². The van der Waals surface area contributed by atoms with Crippen molar-refractivity contribution in [1.82, 2.24) is 0 Å². The van der Waals surface area contributed by atoms with Crippen LogP contribution in [0, 0.1) is 6.92 Å². The highest BCUT2D eigenvalue weighted by Gasteiger charge is 2.10. The van der Waals surface area contributed by atoms with Crippen molar-refractivity contribution in [3.05, 3.63) is 47.5 Å². The van der Waals surface area contributed by atoms with E-state index >= 15 is 0 Å². The van der Waals surface area contributed by atoms with Crippen molar-refractivity contribution < 1.29 is 4.79 Å². The second-order valence-corrected chi connectivity index (χ2v) is 4.50. The standard InChI is InChI=1S/C16H18O/c1-3-4-9-16(17)15-11-10-12(2)13-7-5-6-8-14(13)15/h5-8,10-11H,3-4,9H2,1-2H3. The van der Waals surface area contributed by atoms with Crippen LogP contribution in [0.3, 0.4) is 0 Å². The van der Waals surface area contributed by atoms with Crippen LogP contribution in [0.15, 0.2) is 36.4 Å². The Hall–Kier alpha value is -1.63. The van der Waals surface area contributed by atoms with Gasteiger partial charge in [0.15, 0.2) is 5.78 Å². The molecule has 0 heterocycles. The fourth-order valence-corrected chi connectivity index (χ4v) is 2.16. The van der Waals surface area contributed by atoms with Gasteiger partial charge in [0.2, 0.25) is 0 Å². The highest BCUT2D eigenvalue weighted by atomic mass is 16.1. The molecule has 0 atom stereocenters. The maximum absolute atomic E-state index is 12.1. The van der Waals surface area contributed by atoms with Gasteiger partial charge in [-0.1, -0.05) is 49.7 Å². The van der Waals surface area contributed by atoms with Gasteiger partial charge in [-0.3, -0.25) is 4.79 Å². The Balaban J connectivity index is 2.48. The first kappa shape index (κ1) is 11.8. The molecule has 1 nitrogen and oxygen atoms in total. The highest BCUT2D eigenvalue weighted by molar-refractivity contribution is 6.08. The Kier molecular flexibility index (Phi) is 3.58. The zero-order valence-corrected chi connectivity index (χ0v) is 10.5. The molecule has 0 aromatic heterocycles. The van der Waals surface area contributed by atoms with Gasteiger partial charge >= 0.3 is 0 Å². The SMILES string of the molecule is CCCCC(=O)c1ccc(C)c2ccccc12. The molecule has 2 aromatic rings. The molecular formula is C16H18O. The third kappa shape index (κ3) is 2.38. The Bertz CT molecular complexity index is 540. The first-order chi connectivity index (χ1) is 8.24. The Morgan fingerprint density at radius 2 is 1.76 bits per heavy atom. The van der Waals surface area contributed by atoms with Gasteiger partial charge in [0, 0.05) is 12.0 Å². The van der Waals surface area contributed by atoms with Crippen LogP contribution < -0.4 is 0 Å². The van der Waals surface area contributed by atoms with Crippen LogP contribution in [0.2, 0.25) is 0 Å². The lowest BCUT2D eigenvalue weighted by Gasteiger charge is -2.07. The number of fused-ring (bicyclic) bond motifs is 1. The van der Waals surface area contributed by atoms with Crippen molar-refractivity contribution in [3.8, 4) is 0 Å². The van der Waals surface area contributed by atoms with Gasteiger partial charge in [-0.25, -0.2) is 0 Å². The smallest absolute Gasteiger partial charge is 0.163 e. The fourth-order valence-electron chi connectivity index (χ4n) is 2.16. The van der Waals surface area contributed by atoms with Gasteiger partial charge in [-0.05, 0) is 29.7 Å². The lowest BCUT2D eigenvalue weighted by molar-refractivity contribution is 0.0981. The van der Waals surface area contributed by atoms with Crippen molar-refractivity contribution in [2.45, 2.75) is 33.1 Å². The van der Waals surface area contributed by atoms with Gasteiger partial charge in [0.05, 0.1) is 0 Å². The Labute approximate surface area is 102 Å². The number of carbonyl (C=O) groups excluding carboxylic acids is 1. The van der Waals surface area contributed by atoms with Gasteiger partial charge < -0.3 is 0 Å². The van der Waals surface area contributed by atoms with E-state index in [1.807, 2.05) is 30.3 Å². The van der Waals surface area contributed by atoms with Crippen LogP contribution in [-0.4, -0.2) is 5.78 Å². The van der Waals surface area contributed by atoms with Crippen LogP contribution in [0.5, 0.6) is 0 Å². The molecule has 0 aliphatic rings. The molecule has 88 valence electrons. The molecule has 0 unspecified atom stereocenters. The molecule has 0 aliphatic heterocycles. The molecule has 0 bridgehead atoms. The summed E-state index contributed by atoms with van der Waals surface area (Å²) in [5.74, 6) is 0.267. The number of unbranched alkanes of at least 4 members (excludes halogenated alkanes) is 1. The van der Waals surface area contributed by atoms with Gasteiger partial charge in [0.25, 0.3) is 0 Å². The van der Waals surface area contributed by atoms with Crippen LogP contribution in [0.1, 0.15) is 42.1 Å². The first-order valence-corrected chi connectivity index (χ1v) is 6.25. The van der Waals surface area contributed by atoms with Crippen LogP contribution in [0.25, 0.3) is 10.8 Å². The van der Waals surface area contributed by atoms with E-state index in [0.29, 0.717) is 6.42 Å². The molecular weight excluding hydrogens is 208 g/mol. The molecule has 0 N–H and O–H groups in total. The van der Waals surface area contributed by atoms with Gasteiger partial charge in [0.1, 0.15) is 0 Å². The number of ketones is 1. The van der Waals surface area contributed by atoms with Crippen LogP contribution in [0.4, 0.5) is 0 Å². The molecule has 0 saturated carbocycles. The van der Waals surface area contributed by atoms with Gasteiger partial charge in [-0.2, -0.15) is 0 Å². The summed E-state index contributed by atoms with van der Waals surface area (Å²) in [7, 11) is 0. The van der Waals surface area contributed by atoms with E-state index in [0.717, 1.165) is 23.8 Å². The minimum absolute atomic E-state index is 0.267. The van der Waals surface area contributed by atoms with Crippen molar-refractivity contribution in [1.29, 1.82) is 0 Å². The fraction of sp³-hybridized carbons (Fsp3) is 0.312. The summed E-state index contributed by atoms with van der Waals surface area (Å²) >= 11 is 0. The third-order valence-electron chi connectivity index (χ3n) is 3.20. The highest BCUT2D eigenvalue weighted by Crippen LogP contribution is 2.23. The lowest BCUT2D eigenvalue weighted by atomic mass is 9.96. The third-order valence-corrected chi connectivity index (χ3v) is 3.20. The average Bonchev–Trinajstić information content (AvgIpc) is 2.37. The van der Waals surface area contributed by atoms with Crippen molar-refractivity contribution in [3.63, 3.8) is 0 Å². The van der Waals surface area contributed by atoms with Crippen molar-refractivity contribution in [2.24, 2.45) is 0 Å². The minimum Gasteiger partial charge on any atom is -0.294 e. The summed E-state index contributed by atoms with van der Waals surface area (Å²) in [5.41, 5.74) is 2.10. The van der Waals surface area contributed by atoms with E-state index in [2.05, 4.69) is 19.9 Å². The average molecular weight is 226 g/mol. The molecule has 0 fully saturated rings. The second kappa shape index (κ2) is 5.13. The van der Waals surface area contributed by atoms with E-state index in [-0.39, 0.29) is 5.78 Å². The summed E-state index contributed by atoms with van der Waals surface area (Å²) < 4.78 is 0. The maximum Gasteiger partial charge on any atom is 0.163 e. The largest absolute Gasteiger partial charge is 0.294 e. The molecule has 0 aliphatic carbocycles. The quantitative estimate of drug-likeness (QED) is 0.700. The molecule has 0 amide bonds. The van der Waals surface area contributed by atoms with Crippen molar-refractivity contribution in [2.75, 3.05) is 0 Å². The second-order valence-electron chi connectivity index (χ2n) is 4.50. The number of aryl methyl sites for hydroxylation is 1. The molecule has 0 radical (unpaired) electrons. The maximum atomic E-state index is 12.1. The number of benzene rings is 2. The Morgan fingerprint density at radius 3 is 2.47 bits per heavy atom. The summed E-state index contributed by atoms with van der Waals surface area (Å²) in [6.45, 7) is 4.20. The lowest BCUT2D eigenvalue weighted by Crippen LogP contribution is -2.00. The first-order valence-electron chi connectivity index (χ1n) is 6.25. The summed E-state index contributed by atoms with van der Waals surface area (Å²) in [6, 6.07) is 12.2. The number of carbonyl (C=O) groups is 1.